The van der Waals surface area contributed by atoms with E-state index in [-0.39, 0.29) is 22.3 Å². The van der Waals surface area contributed by atoms with Gasteiger partial charge in [-0.2, -0.15) is 0 Å². The van der Waals surface area contributed by atoms with Gasteiger partial charge < -0.3 is 20.3 Å². The molecule has 1 saturated heterocycles. The number of ether oxygens (including phenoxy) is 1. The zero-order chi connectivity index (χ0) is 20.9. The third-order valence-corrected chi connectivity index (χ3v) is 5.21. The van der Waals surface area contributed by atoms with Gasteiger partial charge in [-0.05, 0) is 53.4 Å². The number of urea groups is 1. The average molecular weight is 466 g/mol. The van der Waals surface area contributed by atoms with Crippen molar-refractivity contribution in [2.75, 3.05) is 18.4 Å². The van der Waals surface area contributed by atoms with Gasteiger partial charge in [-0.25, -0.2) is 4.79 Å². The Bertz CT molecular complexity index is 707. The Morgan fingerprint density at radius 3 is 2.50 bits per heavy atom. The van der Waals surface area contributed by atoms with Crippen LogP contribution in [0.1, 0.15) is 33.1 Å². The number of rotatable bonds is 5. The molecule has 1 aromatic rings. The van der Waals surface area contributed by atoms with Crippen molar-refractivity contribution in [3.05, 3.63) is 22.7 Å². The molecule has 0 aromatic heterocycles. The van der Waals surface area contributed by atoms with Crippen molar-refractivity contribution in [1.29, 1.82) is 0 Å². The largest absolute Gasteiger partial charge is 0.573 e. The summed E-state index contributed by atoms with van der Waals surface area (Å²) in [5.74, 6) is -0.260. The number of piperidine rings is 1. The van der Waals surface area contributed by atoms with Gasteiger partial charge >= 0.3 is 12.4 Å². The second kappa shape index (κ2) is 9.49. The van der Waals surface area contributed by atoms with Gasteiger partial charge in [0.2, 0.25) is 5.91 Å². The maximum absolute atomic E-state index is 12.3. The Balaban J connectivity index is 1.83. The van der Waals surface area contributed by atoms with E-state index in [1.54, 1.807) is 0 Å². The summed E-state index contributed by atoms with van der Waals surface area (Å²) in [5.41, 5.74) is 0.322. The number of nitrogens with one attached hydrogen (secondary N) is 2. The number of carbonyl (C=O) groups is 2. The van der Waals surface area contributed by atoms with E-state index in [0.29, 0.717) is 31.6 Å². The van der Waals surface area contributed by atoms with Gasteiger partial charge in [0, 0.05) is 30.7 Å². The van der Waals surface area contributed by atoms with E-state index in [4.69, 9.17) is 0 Å². The van der Waals surface area contributed by atoms with Crippen LogP contribution < -0.4 is 15.4 Å². The Morgan fingerprint density at radius 2 is 1.96 bits per heavy atom. The summed E-state index contributed by atoms with van der Waals surface area (Å²) in [7, 11) is 0. The summed E-state index contributed by atoms with van der Waals surface area (Å²) in [5, 5.41) is 5.41. The minimum Gasteiger partial charge on any atom is -0.405 e. The van der Waals surface area contributed by atoms with Crippen molar-refractivity contribution in [3.8, 4) is 5.75 Å². The van der Waals surface area contributed by atoms with E-state index >= 15 is 0 Å². The van der Waals surface area contributed by atoms with Crippen LogP contribution in [0.25, 0.3) is 0 Å². The molecule has 1 heterocycles. The molecule has 3 amide bonds. The summed E-state index contributed by atoms with van der Waals surface area (Å²) >= 11 is 2.99. The van der Waals surface area contributed by atoms with Crippen molar-refractivity contribution < 1.29 is 27.5 Å². The molecule has 6 nitrogen and oxygen atoms in total. The molecule has 28 heavy (non-hydrogen) atoms. The Morgan fingerprint density at radius 1 is 1.32 bits per heavy atom. The molecule has 1 fully saturated rings. The number of hydrogen-bond donors (Lipinski definition) is 2. The van der Waals surface area contributed by atoms with E-state index < -0.39 is 18.1 Å². The smallest absolute Gasteiger partial charge is 0.405 e. The molecule has 0 bridgehead atoms. The van der Waals surface area contributed by atoms with Crippen molar-refractivity contribution in [1.82, 2.24) is 10.2 Å². The zero-order valence-corrected chi connectivity index (χ0v) is 17.2. The highest BCUT2D eigenvalue weighted by molar-refractivity contribution is 9.10. The SMILES string of the molecule is CC[C@H](C)C(=O)N1CCC(NC(=O)Nc2ccc(OC(F)(F)F)c(Br)c2)CC1. The van der Waals surface area contributed by atoms with Crippen LogP contribution in [0, 0.1) is 5.92 Å². The lowest BCUT2D eigenvalue weighted by molar-refractivity contribution is -0.274. The first-order valence-electron chi connectivity index (χ1n) is 9.00. The Hall–Kier alpha value is -1.97. The van der Waals surface area contributed by atoms with Crippen molar-refractivity contribution in [2.45, 2.75) is 45.5 Å². The van der Waals surface area contributed by atoms with Crippen molar-refractivity contribution >= 4 is 33.6 Å². The molecular weight excluding hydrogens is 443 g/mol. The number of carbonyl (C=O) groups excluding carboxylic acids is 2. The monoisotopic (exact) mass is 465 g/mol. The highest BCUT2D eigenvalue weighted by atomic mass is 79.9. The number of halogens is 4. The molecule has 0 unspecified atom stereocenters. The Kier molecular flexibility index (Phi) is 7.56. The quantitative estimate of drug-likeness (QED) is 0.671. The van der Waals surface area contributed by atoms with E-state index in [2.05, 4.69) is 31.3 Å². The number of alkyl halides is 3. The second-order valence-corrected chi connectivity index (χ2v) is 7.55. The van der Waals surface area contributed by atoms with E-state index in [9.17, 15) is 22.8 Å². The topological polar surface area (TPSA) is 70.7 Å². The van der Waals surface area contributed by atoms with Gasteiger partial charge in [-0.1, -0.05) is 13.8 Å². The highest BCUT2D eigenvalue weighted by Gasteiger charge is 2.32. The summed E-state index contributed by atoms with van der Waals surface area (Å²) in [6.45, 7) is 5.05. The molecule has 0 saturated carbocycles. The lowest BCUT2D eigenvalue weighted by Gasteiger charge is -2.33. The van der Waals surface area contributed by atoms with Crippen LogP contribution in [0.15, 0.2) is 22.7 Å². The van der Waals surface area contributed by atoms with Crippen LogP contribution in [0.3, 0.4) is 0 Å². The summed E-state index contributed by atoms with van der Waals surface area (Å²) in [6.07, 6.45) is -2.70. The predicted octanol–water partition coefficient (Wildman–Crippen LogP) is 4.51. The molecule has 0 aliphatic carbocycles. The number of amides is 3. The number of nitrogens with zero attached hydrogens (tertiary/aromatic N) is 1. The van der Waals surface area contributed by atoms with Gasteiger partial charge in [0.1, 0.15) is 5.75 Å². The maximum atomic E-state index is 12.3. The van der Waals surface area contributed by atoms with Gasteiger partial charge in [0.05, 0.1) is 4.47 Å². The first-order chi connectivity index (χ1) is 13.1. The lowest BCUT2D eigenvalue weighted by Crippen LogP contribution is -2.48. The van der Waals surface area contributed by atoms with Crippen LogP contribution in [0.2, 0.25) is 0 Å². The first-order valence-corrected chi connectivity index (χ1v) is 9.80. The fraction of sp³-hybridized carbons (Fsp3) is 0.556. The zero-order valence-electron chi connectivity index (χ0n) is 15.6. The van der Waals surface area contributed by atoms with Gasteiger partial charge in [-0.3, -0.25) is 4.79 Å². The lowest BCUT2D eigenvalue weighted by atomic mass is 10.0. The molecule has 2 rings (SSSR count). The van der Waals surface area contributed by atoms with Crippen molar-refractivity contribution in [2.24, 2.45) is 5.92 Å². The molecule has 10 heteroatoms. The predicted molar refractivity (Wildman–Crippen MR) is 102 cm³/mol. The molecule has 1 aliphatic rings. The van der Waals surface area contributed by atoms with Gasteiger partial charge in [0.15, 0.2) is 0 Å². The average Bonchev–Trinajstić information content (AvgIpc) is 2.62. The number of benzene rings is 1. The minimum atomic E-state index is -4.79. The van der Waals surface area contributed by atoms with Crippen LogP contribution in [-0.2, 0) is 4.79 Å². The van der Waals surface area contributed by atoms with Gasteiger partial charge in [-0.15, -0.1) is 13.2 Å². The normalized spacial score (nSPS) is 16.4. The van der Waals surface area contributed by atoms with Crippen molar-refractivity contribution in [3.63, 3.8) is 0 Å². The third-order valence-electron chi connectivity index (χ3n) is 4.59. The molecule has 0 radical (unpaired) electrons. The molecule has 1 aromatic carbocycles. The third kappa shape index (κ3) is 6.57. The van der Waals surface area contributed by atoms with Crippen LogP contribution in [-0.4, -0.2) is 42.3 Å². The van der Waals surface area contributed by atoms with Crippen LogP contribution >= 0.6 is 15.9 Å². The number of likely N-dealkylation sites (tertiary alicyclic amines) is 1. The second-order valence-electron chi connectivity index (χ2n) is 6.70. The number of hydrogen-bond acceptors (Lipinski definition) is 3. The highest BCUT2D eigenvalue weighted by Crippen LogP contribution is 2.32. The van der Waals surface area contributed by atoms with E-state index in [1.807, 2.05) is 18.7 Å². The minimum absolute atomic E-state index is 0.00412. The first kappa shape index (κ1) is 22.3. The van der Waals surface area contributed by atoms with Crippen LogP contribution in [0.4, 0.5) is 23.7 Å². The fourth-order valence-electron chi connectivity index (χ4n) is 2.87. The molecule has 156 valence electrons. The molecule has 2 N–H and O–H groups in total. The molecule has 1 atom stereocenters. The Labute approximate surface area is 169 Å². The molecule has 1 aliphatic heterocycles. The summed E-state index contributed by atoms with van der Waals surface area (Å²) in [6, 6.07) is 3.24. The molecular formula is C18H23BrF3N3O3. The van der Waals surface area contributed by atoms with Crippen LogP contribution in [0.5, 0.6) is 5.75 Å². The summed E-state index contributed by atoms with van der Waals surface area (Å²) in [4.78, 5) is 26.2. The van der Waals surface area contributed by atoms with E-state index in [0.717, 1.165) is 12.5 Å². The standard InChI is InChI=1S/C18H23BrF3N3O3/c1-3-11(2)16(26)25-8-6-12(7-9-25)23-17(27)24-13-4-5-15(14(19)10-13)28-18(20,21)22/h4-5,10-12H,3,6-9H2,1-2H3,(H2,23,24,27)/t11-/m0/s1. The number of anilines is 1. The van der Waals surface area contributed by atoms with E-state index in [1.165, 1.54) is 12.1 Å². The molecule has 0 spiro atoms. The van der Waals surface area contributed by atoms with Gasteiger partial charge in [0.25, 0.3) is 0 Å². The maximum Gasteiger partial charge on any atom is 0.573 e. The summed E-state index contributed by atoms with van der Waals surface area (Å²) < 4.78 is 40.8. The fourth-order valence-corrected chi connectivity index (χ4v) is 3.33.